The van der Waals surface area contributed by atoms with E-state index in [9.17, 15) is 19.7 Å². The molecule has 4 saturated carbocycles. The maximum absolute atomic E-state index is 13.1. The molecule has 0 aliphatic heterocycles. The van der Waals surface area contributed by atoms with Crippen LogP contribution in [0.1, 0.15) is 55.4 Å². The van der Waals surface area contributed by atoms with Crippen LogP contribution in [-0.2, 0) is 17.4 Å². The molecule has 0 radical (unpaired) electrons. The zero-order chi connectivity index (χ0) is 22.8. The minimum atomic E-state index is -0.653. The van der Waals surface area contributed by atoms with Gasteiger partial charge in [0.15, 0.2) is 0 Å². The Morgan fingerprint density at radius 2 is 2.03 bits per heavy atom. The molecule has 0 spiro atoms. The summed E-state index contributed by atoms with van der Waals surface area (Å²) < 4.78 is 3.51. The topological polar surface area (TPSA) is 151 Å². The first kappa shape index (κ1) is 21.1. The van der Waals surface area contributed by atoms with Crippen molar-refractivity contribution in [2.45, 2.75) is 50.5 Å². The number of rotatable bonds is 6. The van der Waals surface area contributed by atoms with E-state index in [2.05, 4.69) is 31.4 Å². The highest BCUT2D eigenvalue weighted by atomic mass is 79.9. The Bertz CT molecular complexity index is 1130. The van der Waals surface area contributed by atoms with Crippen LogP contribution in [0.3, 0.4) is 0 Å². The van der Waals surface area contributed by atoms with E-state index in [0.29, 0.717) is 28.4 Å². The number of halogens is 1. The van der Waals surface area contributed by atoms with E-state index in [1.54, 1.807) is 17.9 Å². The second-order valence-electron chi connectivity index (χ2n) is 9.81. The first-order valence-corrected chi connectivity index (χ1v) is 11.4. The van der Waals surface area contributed by atoms with E-state index < -0.39 is 10.8 Å². The number of primary amides is 1. The van der Waals surface area contributed by atoms with Crippen molar-refractivity contribution in [3.05, 3.63) is 32.7 Å². The normalized spacial score (nSPS) is 30.4. The second-order valence-corrected chi connectivity index (χ2v) is 10.7. The van der Waals surface area contributed by atoms with Crippen molar-refractivity contribution in [1.29, 1.82) is 0 Å². The quantitative estimate of drug-likeness (QED) is 0.454. The van der Waals surface area contributed by atoms with Gasteiger partial charge in [-0.25, -0.2) is 0 Å². The molecule has 2 atom stereocenters. The van der Waals surface area contributed by atoms with Crippen LogP contribution in [0.5, 0.6) is 0 Å². The number of aromatic nitrogens is 4. The van der Waals surface area contributed by atoms with Crippen LogP contribution >= 0.6 is 15.9 Å². The van der Waals surface area contributed by atoms with Crippen molar-refractivity contribution in [3.63, 3.8) is 0 Å². The van der Waals surface area contributed by atoms with E-state index in [1.165, 1.54) is 10.9 Å². The Hall–Kier alpha value is -2.76. The van der Waals surface area contributed by atoms with Crippen LogP contribution < -0.4 is 11.1 Å². The summed E-state index contributed by atoms with van der Waals surface area (Å²) >= 11 is 3.27. The molecule has 2 aromatic heterocycles. The Balaban J connectivity index is 1.41. The van der Waals surface area contributed by atoms with Crippen molar-refractivity contribution in [3.8, 4) is 0 Å². The lowest BCUT2D eigenvalue weighted by atomic mass is 9.46. The van der Waals surface area contributed by atoms with Gasteiger partial charge in [-0.15, -0.1) is 0 Å². The molecule has 32 heavy (non-hydrogen) atoms. The first-order valence-electron chi connectivity index (χ1n) is 10.6. The average molecular weight is 506 g/mol. The minimum Gasteiger partial charge on any atom is -0.364 e. The highest BCUT2D eigenvalue weighted by Gasteiger charge is 2.60. The Morgan fingerprint density at radius 3 is 2.62 bits per heavy atom. The fourth-order valence-corrected chi connectivity index (χ4v) is 7.36. The number of hydrogen-bond donors (Lipinski definition) is 2. The molecule has 4 aliphatic carbocycles. The second kappa shape index (κ2) is 7.12. The van der Waals surface area contributed by atoms with E-state index in [1.807, 2.05) is 0 Å². The minimum absolute atomic E-state index is 0.161. The van der Waals surface area contributed by atoms with Crippen molar-refractivity contribution < 1.29 is 14.5 Å². The van der Waals surface area contributed by atoms with Crippen LogP contribution in [0.15, 0.2) is 16.9 Å². The molecule has 0 saturated heterocycles. The highest BCUT2D eigenvalue weighted by molar-refractivity contribution is 9.10. The number of carbonyl (C=O) groups is 2. The summed E-state index contributed by atoms with van der Waals surface area (Å²) in [5.41, 5.74) is 5.40. The third-order valence-electron chi connectivity index (χ3n) is 7.44. The molecule has 2 heterocycles. The summed E-state index contributed by atoms with van der Waals surface area (Å²) in [5, 5.41) is 22.5. The Kier molecular flexibility index (Phi) is 4.70. The van der Waals surface area contributed by atoms with Crippen molar-refractivity contribution >= 4 is 39.2 Å². The summed E-state index contributed by atoms with van der Waals surface area (Å²) in [7, 11) is 1.60. The van der Waals surface area contributed by atoms with E-state index in [-0.39, 0.29) is 28.4 Å². The lowest BCUT2D eigenvalue weighted by Gasteiger charge is -2.61. The Labute approximate surface area is 192 Å². The molecule has 0 aromatic carbocycles. The number of nitrogens with one attached hydrogen (secondary N) is 1. The summed E-state index contributed by atoms with van der Waals surface area (Å²) in [6.07, 6.45) is 9.11. The maximum Gasteiger partial charge on any atom is 0.404 e. The fourth-order valence-electron chi connectivity index (χ4n) is 6.94. The molecule has 2 amide bonds. The van der Waals surface area contributed by atoms with Gasteiger partial charge in [-0.2, -0.15) is 9.78 Å². The van der Waals surface area contributed by atoms with Gasteiger partial charge in [-0.05, 0) is 76.6 Å². The molecule has 11 nitrogen and oxygen atoms in total. The van der Waals surface area contributed by atoms with Crippen LogP contribution in [0, 0.1) is 27.4 Å². The van der Waals surface area contributed by atoms with Gasteiger partial charge in [-0.1, -0.05) is 0 Å². The van der Waals surface area contributed by atoms with Crippen molar-refractivity contribution in [2.24, 2.45) is 30.0 Å². The number of carbonyl (C=O) groups excluding carboxylic acids is 2. The van der Waals surface area contributed by atoms with E-state index >= 15 is 0 Å². The Morgan fingerprint density at radius 1 is 1.34 bits per heavy atom. The van der Waals surface area contributed by atoms with Crippen molar-refractivity contribution in [1.82, 2.24) is 19.6 Å². The molecule has 4 fully saturated rings. The molecular formula is C20H24BrN7O4. The first-order chi connectivity index (χ1) is 15.1. The third kappa shape index (κ3) is 3.31. The lowest BCUT2D eigenvalue weighted by molar-refractivity contribution is -0.390. The summed E-state index contributed by atoms with van der Waals surface area (Å²) in [4.78, 5) is 35.6. The summed E-state index contributed by atoms with van der Waals surface area (Å²) in [6.45, 7) is 0. The van der Waals surface area contributed by atoms with Gasteiger partial charge in [0.05, 0.1) is 28.7 Å². The largest absolute Gasteiger partial charge is 0.404 e. The standard InChI is InChI=1S/C20H24BrN7O4/c1-26-16(17(22)30)14(8-23-26)24-15(29)7-19-3-11-2-12(4-19)6-20(5-11,10-19)27-9-13(21)18(25-27)28(31)32/h8-9,11-12H,2-7,10H2,1H3,(H2,22,30)(H,24,29). The number of nitrogens with zero attached hydrogens (tertiary/aromatic N) is 5. The molecule has 2 unspecified atom stereocenters. The number of aryl methyl sites for hydroxylation is 1. The zero-order valence-corrected chi connectivity index (χ0v) is 19.2. The van der Waals surface area contributed by atoms with Gasteiger partial charge in [0.1, 0.15) is 10.2 Å². The van der Waals surface area contributed by atoms with Crippen LogP contribution in [0.25, 0.3) is 0 Å². The maximum atomic E-state index is 13.1. The number of amides is 2. The van der Waals surface area contributed by atoms with Gasteiger partial charge in [0.2, 0.25) is 5.91 Å². The number of hydrogen-bond acceptors (Lipinski definition) is 6. The highest BCUT2D eigenvalue weighted by Crippen LogP contribution is 2.65. The summed E-state index contributed by atoms with van der Waals surface area (Å²) in [6, 6.07) is 0. The monoisotopic (exact) mass is 505 g/mol. The van der Waals surface area contributed by atoms with Crippen LogP contribution in [-0.4, -0.2) is 36.3 Å². The predicted molar refractivity (Wildman–Crippen MR) is 117 cm³/mol. The molecule has 170 valence electrons. The lowest BCUT2D eigenvalue weighted by Crippen LogP contribution is -2.57. The molecule has 3 N–H and O–H groups in total. The summed E-state index contributed by atoms with van der Waals surface area (Å²) in [5.74, 6) is -0.0791. The van der Waals surface area contributed by atoms with Gasteiger partial charge in [0.25, 0.3) is 5.91 Å². The van der Waals surface area contributed by atoms with Gasteiger partial charge < -0.3 is 21.2 Å². The van der Waals surface area contributed by atoms with E-state index in [0.717, 1.165) is 38.5 Å². The third-order valence-corrected chi connectivity index (χ3v) is 8.00. The number of anilines is 1. The van der Waals surface area contributed by atoms with Gasteiger partial charge in [0, 0.05) is 13.5 Å². The van der Waals surface area contributed by atoms with Crippen LogP contribution in [0.4, 0.5) is 11.5 Å². The van der Waals surface area contributed by atoms with Crippen LogP contribution in [0.2, 0.25) is 0 Å². The molecule has 2 aromatic rings. The molecule has 4 aliphatic rings. The zero-order valence-electron chi connectivity index (χ0n) is 17.6. The number of nitro groups is 1. The SMILES string of the molecule is Cn1ncc(NC(=O)CC23CC4CC(C2)CC(n2cc(Br)c([N+](=O)[O-])n2)(C4)C3)c1C(N)=O. The van der Waals surface area contributed by atoms with Gasteiger partial charge in [-0.3, -0.25) is 14.3 Å². The van der Waals surface area contributed by atoms with Gasteiger partial charge >= 0.3 is 5.82 Å². The number of nitrogens with two attached hydrogens (primary N) is 1. The molecule has 4 bridgehead atoms. The molecular weight excluding hydrogens is 482 g/mol. The van der Waals surface area contributed by atoms with Crippen molar-refractivity contribution in [2.75, 3.05) is 5.32 Å². The smallest absolute Gasteiger partial charge is 0.364 e. The fraction of sp³-hybridized carbons (Fsp3) is 0.600. The molecule has 12 heteroatoms. The average Bonchev–Trinajstić information content (AvgIpc) is 3.23. The predicted octanol–water partition coefficient (Wildman–Crippen LogP) is 2.71. The van der Waals surface area contributed by atoms with E-state index in [4.69, 9.17) is 5.73 Å². The molecule has 6 rings (SSSR count).